The number of anilines is 1. The summed E-state index contributed by atoms with van der Waals surface area (Å²) in [6.45, 7) is 1.37. The molecule has 0 aliphatic carbocycles. The number of halogens is 1. The number of amides is 1. The number of nitrogens with one attached hydrogen (secondary N) is 1. The highest BCUT2D eigenvalue weighted by Crippen LogP contribution is 2.17. The average molecular weight is 375 g/mol. The molecule has 0 fully saturated rings. The van der Waals surface area contributed by atoms with Crippen molar-refractivity contribution in [1.82, 2.24) is 0 Å². The molecule has 8 heteroatoms. The molecule has 0 aromatic heterocycles. The third-order valence-corrected chi connectivity index (χ3v) is 3.41. The van der Waals surface area contributed by atoms with Crippen molar-refractivity contribution in [2.75, 3.05) is 25.6 Å². The maximum Gasteiger partial charge on any atom is 0.341 e. The van der Waals surface area contributed by atoms with Crippen molar-refractivity contribution in [3.8, 4) is 5.75 Å². The Labute approximate surface area is 155 Å². The molecule has 0 bridgehead atoms. The SMILES string of the molecule is CCOC(=O)c1ccc(NC(=O)COC(=O)c2ccc(OC)cc2F)cc1. The summed E-state index contributed by atoms with van der Waals surface area (Å²) in [7, 11) is 1.37. The molecule has 2 rings (SSSR count). The zero-order chi connectivity index (χ0) is 19.8. The van der Waals surface area contributed by atoms with Gasteiger partial charge in [0.1, 0.15) is 11.6 Å². The van der Waals surface area contributed by atoms with Crippen molar-refractivity contribution in [3.05, 3.63) is 59.4 Å². The zero-order valence-electron chi connectivity index (χ0n) is 14.8. The molecule has 0 unspecified atom stereocenters. The Balaban J connectivity index is 1.88. The summed E-state index contributed by atoms with van der Waals surface area (Å²) < 4.78 is 28.3. The van der Waals surface area contributed by atoms with Crippen molar-refractivity contribution in [2.24, 2.45) is 0 Å². The van der Waals surface area contributed by atoms with Crippen LogP contribution in [0.2, 0.25) is 0 Å². The van der Waals surface area contributed by atoms with Crippen LogP contribution in [0, 0.1) is 5.82 Å². The van der Waals surface area contributed by atoms with Crippen LogP contribution in [-0.2, 0) is 14.3 Å². The summed E-state index contributed by atoms with van der Waals surface area (Å²) in [5.74, 6) is -2.60. The molecule has 2 aromatic carbocycles. The van der Waals surface area contributed by atoms with Crippen molar-refractivity contribution in [1.29, 1.82) is 0 Å². The zero-order valence-corrected chi connectivity index (χ0v) is 14.8. The van der Waals surface area contributed by atoms with Crippen molar-refractivity contribution in [2.45, 2.75) is 6.92 Å². The number of esters is 2. The lowest BCUT2D eigenvalue weighted by Gasteiger charge is -2.08. The summed E-state index contributed by atoms with van der Waals surface area (Å²) in [5, 5.41) is 2.50. The Bertz CT molecular complexity index is 835. The molecule has 0 saturated carbocycles. The molecule has 0 spiro atoms. The highest BCUT2D eigenvalue weighted by molar-refractivity contribution is 5.96. The largest absolute Gasteiger partial charge is 0.497 e. The Morgan fingerprint density at radius 3 is 2.30 bits per heavy atom. The minimum atomic E-state index is -0.969. The molecule has 0 aliphatic heterocycles. The highest BCUT2D eigenvalue weighted by Gasteiger charge is 2.16. The molecule has 142 valence electrons. The monoisotopic (exact) mass is 375 g/mol. The summed E-state index contributed by atoms with van der Waals surface area (Å²) in [6, 6.07) is 9.66. The maximum absolute atomic E-state index is 13.8. The van der Waals surface area contributed by atoms with Gasteiger partial charge in [0.15, 0.2) is 6.61 Å². The van der Waals surface area contributed by atoms with E-state index in [1.165, 1.54) is 43.5 Å². The molecular formula is C19H18FNO6. The average Bonchev–Trinajstić information content (AvgIpc) is 2.66. The van der Waals surface area contributed by atoms with Gasteiger partial charge >= 0.3 is 11.9 Å². The van der Waals surface area contributed by atoms with Crippen LogP contribution in [0.4, 0.5) is 10.1 Å². The lowest BCUT2D eigenvalue weighted by Crippen LogP contribution is -2.21. The number of benzene rings is 2. The molecule has 7 nitrogen and oxygen atoms in total. The van der Waals surface area contributed by atoms with Crippen LogP contribution in [0.1, 0.15) is 27.6 Å². The standard InChI is InChI=1S/C19H18FNO6/c1-3-26-18(23)12-4-6-13(7-5-12)21-17(22)11-27-19(24)15-9-8-14(25-2)10-16(15)20/h4-10H,3,11H2,1-2H3,(H,21,22). The number of carbonyl (C=O) groups excluding carboxylic acids is 3. The fourth-order valence-corrected chi connectivity index (χ4v) is 2.10. The van der Waals surface area contributed by atoms with Crippen molar-refractivity contribution in [3.63, 3.8) is 0 Å². The van der Waals surface area contributed by atoms with E-state index < -0.39 is 30.3 Å². The van der Waals surface area contributed by atoms with Crippen molar-refractivity contribution >= 4 is 23.5 Å². The molecule has 1 amide bonds. The smallest absolute Gasteiger partial charge is 0.341 e. The predicted octanol–water partition coefficient (Wildman–Crippen LogP) is 2.81. The van der Waals surface area contributed by atoms with Gasteiger partial charge in [-0.3, -0.25) is 4.79 Å². The molecule has 0 saturated heterocycles. The van der Waals surface area contributed by atoms with Gasteiger partial charge in [-0.2, -0.15) is 0 Å². The predicted molar refractivity (Wildman–Crippen MR) is 94.3 cm³/mol. The lowest BCUT2D eigenvalue weighted by molar-refractivity contribution is -0.119. The number of methoxy groups -OCH3 is 1. The molecule has 2 aromatic rings. The highest BCUT2D eigenvalue weighted by atomic mass is 19.1. The first-order valence-electron chi connectivity index (χ1n) is 8.02. The maximum atomic E-state index is 13.8. The fourth-order valence-electron chi connectivity index (χ4n) is 2.10. The fraction of sp³-hybridized carbons (Fsp3) is 0.211. The van der Waals surface area contributed by atoms with Gasteiger partial charge in [0.25, 0.3) is 5.91 Å². The summed E-state index contributed by atoms with van der Waals surface area (Å²) in [5.41, 5.74) is 0.443. The van der Waals surface area contributed by atoms with E-state index in [2.05, 4.69) is 5.32 Å². The molecule has 27 heavy (non-hydrogen) atoms. The van der Waals surface area contributed by atoms with E-state index in [-0.39, 0.29) is 17.9 Å². The third kappa shape index (κ3) is 5.53. The summed E-state index contributed by atoms with van der Waals surface area (Å²) >= 11 is 0. The summed E-state index contributed by atoms with van der Waals surface area (Å²) in [4.78, 5) is 35.3. The molecule has 0 atom stereocenters. The van der Waals surface area contributed by atoms with Gasteiger partial charge < -0.3 is 19.5 Å². The second-order valence-corrected chi connectivity index (χ2v) is 5.27. The number of hydrogen-bond acceptors (Lipinski definition) is 6. The Morgan fingerprint density at radius 1 is 1.00 bits per heavy atom. The van der Waals surface area contributed by atoms with E-state index in [0.29, 0.717) is 11.3 Å². The molecular weight excluding hydrogens is 357 g/mol. The van der Waals surface area contributed by atoms with Crippen LogP contribution in [0.15, 0.2) is 42.5 Å². The first kappa shape index (κ1) is 19.9. The minimum absolute atomic E-state index is 0.257. The first-order valence-corrected chi connectivity index (χ1v) is 8.02. The van der Waals surface area contributed by atoms with E-state index in [4.69, 9.17) is 14.2 Å². The van der Waals surface area contributed by atoms with Crippen LogP contribution < -0.4 is 10.1 Å². The molecule has 1 N–H and O–H groups in total. The second-order valence-electron chi connectivity index (χ2n) is 5.27. The summed E-state index contributed by atoms with van der Waals surface area (Å²) in [6.07, 6.45) is 0. The van der Waals surface area contributed by atoms with Gasteiger partial charge in [-0.25, -0.2) is 14.0 Å². The van der Waals surface area contributed by atoms with Gasteiger partial charge in [0, 0.05) is 11.8 Å². The number of hydrogen-bond donors (Lipinski definition) is 1. The molecule has 0 heterocycles. The Kier molecular flexibility index (Phi) is 6.87. The van der Waals surface area contributed by atoms with E-state index in [1.54, 1.807) is 6.92 Å². The number of rotatable bonds is 7. The van der Waals surface area contributed by atoms with Crippen LogP contribution in [0.5, 0.6) is 5.75 Å². The lowest BCUT2D eigenvalue weighted by atomic mass is 10.2. The topological polar surface area (TPSA) is 90.9 Å². The van der Waals surface area contributed by atoms with Gasteiger partial charge in [-0.05, 0) is 43.3 Å². The minimum Gasteiger partial charge on any atom is -0.497 e. The second kappa shape index (κ2) is 9.33. The molecule has 0 radical (unpaired) electrons. The van der Waals surface area contributed by atoms with Gasteiger partial charge in [-0.15, -0.1) is 0 Å². The van der Waals surface area contributed by atoms with Gasteiger partial charge in [0.05, 0.1) is 24.8 Å². The van der Waals surface area contributed by atoms with E-state index >= 15 is 0 Å². The molecule has 0 aliphatic rings. The Morgan fingerprint density at radius 2 is 1.70 bits per heavy atom. The van der Waals surface area contributed by atoms with Gasteiger partial charge in [0.2, 0.25) is 0 Å². The van der Waals surface area contributed by atoms with E-state index in [0.717, 1.165) is 6.07 Å². The van der Waals surface area contributed by atoms with Crippen molar-refractivity contribution < 1.29 is 33.0 Å². The quantitative estimate of drug-likeness (QED) is 0.749. The van der Waals surface area contributed by atoms with E-state index in [9.17, 15) is 18.8 Å². The van der Waals surface area contributed by atoms with Crippen LogP contribution in [0.3, 0.4) is 0 Å². The first-order chi connectivity index (χ1) is 12.9. The number of ether oxygens (including phenoxy) is 3. The number of carbonyl (C=O) groups is 3. The van der Waals surface area contributed by atoms with E-state index in [1.807, 2.05) is 0 Å². The Hall–Kier alpha value is -3.42. The van der Waals surface area contributed by atoms with Crippen LogP contribution in [0.25, 0.3) is 0 Å². The van der Waals surface area contributed by atoms with Crippen LogP contribution in [-0.4, -0.2) is 38.2 Å². The van der Waals surface area contributed by atoms with Gasteiger partial charge in [-0.1, -0.05) is 0 Å². The normalized spacial score (nSPS) is 10.0. The van der Waals surface area contributed by atoms with Crippen LogP contribution >= 0.6 is 0 Å². The third-order valence-electron chi connectivity index (χ3n) is 3.41.